The van der Waals surface area contributed by atoms with Gasteiger partial charge in [-0.25, -0.2) is 0 Å². The summed E-state index contributed by atoms with van der Waals surface area (Å²) in [6, 6.07) is 8.08. The predicted molar refractivity (Wildman–Crippen MR) is 77.5 cm³/mol. The van der Waals surface area contributed by atoms with Crippen molar-refractivity contribution >= 4 is 11.6 Å². The minimum absolute atomic E-state index is 0.161. The highest BCUT2D eigenvalue weighted by atomic mass is 16.1. The third-order valence-electron chi connectivity index (χ3n) is 3.82. The van der Waals surface area contributed by atoms with Gasteiger partial charge >= 0.3 is 0 Å². The van der Waals surface area contributed by atoms with E-state index in [0.717, 1.165) is 38.2 Å². The molecule has 2 rings (SSSR count). The second-order valence-corrected chi connectivity index (χ2v) is 5.34. The normalized spacial score (nSPS) is 17.3. The molecule has 4 nitrogen and oxygen atoms in total. The second kappa shape index (κ2) is 6.57. The SMILES string of the molecule is CNC(=O)CC1CCN(Cc2cccc(N)c2)CC1. The van der Waals surface area contributed by atoms with Crippen molar-refractivity contribution in [1.82, 2.24) is 10.2 Å². The fraction of sp³-hybridized carbons (Fsp3) is 0.533. The van der Waals surface area contributed by atoms with E-state index in [0.29, 0.717) is 12.3 Å². The Hall–Kier alpha value is -1.55. The molecule has 0 radical (unpaired) electrons. The number of hydrogen-bond acceptors (Lipinski definition) is 3. The van der Waals surface area contributed by atoms with Crippen LogP contribution in [0.4, 0.5) is 5.69 Å². The van der Waals surface area contributed by atoms with E-state index in [4.69, 9.17) is 5.73 Å². The van der Waals surface area contributed by atoms with Crippen LogP contribution in [0.1, 0.15) is 24.8 Å². The number of amides is 1. The first-order chi connectivity index (χ1) is 9.17. The van der Waals surface area contributed by atoms with Gasteiger partial charge in [0.15, 0.2) is 0 Å². The summed E-state index contributed by atoms with van der Waals surface area (Å²) in [6.45, 7) is 3.09. The lowest BCUT2D eigenvalue weighted by atomic mass is 9.93. The zero-order valence-corrected chi connectivity index (χ0v) is 11.6. The fourth-order valence-corrected chi connectivity index (χ4v) is 2.66. The topological polar surface area (TPSA) is 58.4 Å². The largest absolute Gasteiger partial charge is 0.399 e. The van der Waals surface area contributed by atoms with Crippen LogP contribution >= 0.6 is 0 Å². The van der Waals surface area contributed by atoms with Crippen LogP contribution in [0, 0.1) is 5.92 Å². The van der Waals surface area contributed by atoms with Crippen LogP contribution in [0.5, 0.6) is 0 Å². The lowest BCUT2D eigenvalue weighted by Gasteiger charge is -2.31. The maximum atomic E-state index is 11.4. The zero-order chi connectivity index (χ0) is 13.7. The van der Waals surface area contributed by atoms with E-state index in [1.54, 1.807) is 7.05 Å². The molecule has 4 heteroatoms. The van der Waals surface area contributed by atoms with Gasteiger partial charge in [0, 0.05) is 25.7 Å². The van der Waals surface area contributed by atoms with Crippen molar-refractivity contribution in [1.29, 1.82) is 0 Å². The predicted octanol–water partition coefficient (Wildman–Crippen LogP) is 1.62. The Morgan fingerprint density at radius 1 is 1.42 bits per heavy atom. The number of hydrogen-bond donors (Lipinski definition) is 2. The van der Waals surface area contributed by atoms with Gasteiger partial charge in [-0.2, -0.15) is 0 Å². The van der Waals surface area contributed by atoms with Crippen molar-refractivity contribution in [3.8, 4) is 0 Å². The van der Waals surface area contributed by atoms with E-state index < -0.39 is 0 Å². The number of nitrogens with one attached hydrogen (secondary N) is 1. The summed E-state index contributed by atoms with van der Waals surface area (Å²) in [6.07, 6.45) is 2.88. The second-order valence-electron chi connectivity index (χ2n) is 5.34. The average molecular weight is 261 g/mol. The van der Waals surface area contributed by atoms with E-state index in [1.807, 2.05) is 18.2 Å². The zero-order valence-electron chi connectivity index (χ0n) is 11.6. The quantitative estimate of drug-likeness (QED) is 0.810. The van der Waals surface area contributed by atoms with E-state index in [2.05, 4.69) is 16.3 Å². The summed E-state index contributed by atoms with van der Waals surface area (Å²) in [5.41, 5.74) is 7.89. The molecule has 3 N–H and O–H groups in total. The standard InChI is InChI=1S/C15H23N3O/c1-17-15(19)10-12-5-7-18(8-6-12)11-13-3-2-4-14(16)9-13/h2-4,9,12H,5-8,10-11,16H2,1H3,(H,17,19). The molecule has 1 aromatic carbocycles. The average Bonchev–Trinajstić information content (AvgIpc) is 2.41. The number of carbonyl (C=O) groups is 1. The molecule has 0 spiro atoms. The molecule has 1 aliphatic rings. The maximum Gasteiger partial charge on any atom is 0.220 e. The number of anilines is 1. The van der Waals surface area contributed by atoms with Crippen molar-refractivity contribution in [2.24, 2.45) is 5.92 Å². The summed E-state index contributed by atoms with van der Waals surface area (Å²) >= 11 is 0. The molecule has 1 saturated heterocycles. The Morgan fingerprint density at radius 2 is 2.16 bits per heavy atom. The molecular weight excluding hydrogens is 238 g/mol. The van der Waals surface area contributed by atoms with Crippen LogP contribution < -0.4 is 11.1 Å². The molecule has 1 fully saturated rings. The first-order valence-electron chi connectivity index (χ1n) is 6.94. The summed E-state index contributed by atoms with van der Waals surface area (Å²) in [4.78, 5) is 13.8. The van der Waals surface area contributed by atoms with Gasteiger partial charge in [-0.15, -0.1) is 0 Å². The number of carbonyl (C=O) groups excluding carboxylic acids is 1. The third kappa shape index (κ3) is 4.24. The molecule has 104 valence electrons. The fourth-order valence-electron chi connectivity index (χ4n) is 2.66. The van der Waals surface area contributed by atoms with E-state index >= 15 is 0 Å². The van der Waals surface area contributed by atoms with Gasteiger partial charge in [-0.05, 0) is 49.5 Å². The Balaban J connectivity index is 1.79. The molecule has 19 heavy (non-hydrogen) atoms. The molecule has 1 aliphatic heterocycles. The molecular formula is C15H23N3O. The van der Waals surface area contributed by atoms with Crippen molar-refractivity contribution in [2.45, 2.75) is 25.8 Å². The van der Waals surface area contributed by atoms with Gasteiger partial charge in [-0.1, -0.05) is 12.1 Å². The maximum absolute atomic E-state index is 11.4. The Morgan fingerprint density at radius 3 is 2.79 bits per heavy atom. The monoisotopic (exact) mass is 261 g/mol. The minimum Gasteiger partial charge on any atom is -0.399 e. The van der Waals surface area contributed by atoms with Crippen molar-refractivity contribution < 1.29 is 4.79 Å². The number of benzene rings is 1. The van der Waals surface area contributed by atoms with Crippen molar-refractivity contribution in [3.63, 3.8) is 0 Å². The Bertz CT molecular complexity index is 425. The molecule has 1 heterocycles. The van der Waals surface area contributed by atoms with E-state index in [9.17, 15) is 4.79 Å². The number of nitrogens with two attached hydrogens (primary N) is 1. The van der Waals surface area contributed by atoms with Crippen LogP contribution in [-0.2, 0) is 11.3 Å². The number of nitrogen functional groups attached to an aromatic ring is 1. The number of piperidine rings is 1. The Kier molecular flexibility index (Phi) is 4.80. The molecule has 0 aromatic heterocycles. The molecule has 1 aromatic rings. The van der Waals surface area contributed by atoms with Crippen LogP contribution in [0.2, 0.25) is 0 Å². The molecule has 0 unspecified atom stereocenters. The first kappa shape index (κ1) is 13.9. The van der Waals surface area contributed by atoms with Crippen LogP contribution in [0.3, 0.4) is 0 Å². The molecule has 0 bridgehead atoms. The highest BCUT2D eigenvalue weighted by Crippen LogP contribution is 2.22. The van der Waals surface area contributed by atoms with Gasteiger partial charge in [0.2, 0.25) is 5.91 Å². The van der Waals surface area contributed by atoms with Crippen molar-refractivity contribution in [3.05, 3.63) is 29.8 Å². The van der Waals surface area contributed by atoms with Gasteiger partial charge in [0.1, 0.15) is 0 Å². The lowest BCUT2D eigenvalue weighted by Crippen LogP contribution is -2.35. The van der Waals surface area contributed by atoms with Gasteiger partial charge < -0.3 is 11.1 Å². The van der Waals surface area contributed by atoms with Gasteiger partial charge in [0.25, 0.3) is 0 Å². The summed E-state index contributed by atoms with van der Waals surface area (Å²) in [5, 5.41) is 2.70. The smallest absolute Gasteiger partial charge is 0.220 e. The van der Waals surface area contributed by atoms with E-state index in [1.165, 1.54) is 5.56 Å². The summed E-state index contributed by atoms with van der Waals surface area (Å²) in [7, 11) is 1.71. The lowest BCUT2D eigenvalue weighted by molar-refractivity contribution is -0.121. The van der Waals surface area contributed by atoms with Gasteiger partial charge in [-0.3, -0.25) is 9.69 Å². The highest BCUT2D eigenvalue weighted by Gasteiger charge is 2.21. The molecule has 0 aliphatic carbocycles. The van der Waals surface area contributed by atoms with Crippen LogP contribution in [0.15, 0.2) is 24.3 Å². The van der Waals surface area contributed by atoms with Crippen LogP contribution in [-0.4, -0.2) is 30.9 Å². The molecule has 0 atom stereocenters. The van der Waals surface area contributed by atoms with E-state index in [-0.39, 0.29) is 5.91 Å². The van der Waals surface area contributed by atoms with Crippen molar-refractivity contribution in [2.75, 3.05) is 25.9 Å². The third-order valence-corrected chi connectivity index (χ3v) is 3.82. The summed E-state index contributed by atoms with van der Waals surface area (Å²) < 4.78 is 0. The molecule has 1 amide bonds. The minimum atomic E-state index is 0.161. The number of rotatable bonds is 4. The first-order valence-corrected chi connectivity index (χ1v) is 6.94. The number of likely N-dealkylation sites (tertiary alicyclic amines) is 1. The Labute approximate surface area is 115 Å². The molecule has 0 saturated carbocycles. The highest BCUT2D eigenvalue weighted by molar-refractivity contribution is 5.75. The number of nitrogens with zero attached hydrogens (tertiary/aromatic N) is 1. The summed E-state index contributed by atoms with van der Waals surface area (Å²) in [5.74, 6) is 0.700. The van der Waals surface area contributed by atoms with Gasteiger partial charge in [0.05, 0.1) is 0 Å². The van der Waals surface area contributed by atoms with Crippen LogP contribution in [0.25, 0.3) is 0 Å².